The SMILES string of the molecule is O=C(NCc1cn(-c2ccc(N3CCOCC3=O)cc2)cn1)c1ccc(Cl)s1. The summed E-state index contributed by atoms with van der Waals surface area (Å²) in [5, 5.41) is 2.83. The third-order valence-corrected chi connectivity index (χ3v) is 5.54. The number of hydrogen-bond acceptors (Lipinski definition) is 5. The van der Waals surface area contributed by atoms with Gasteiger partial charge in [-0.2, -0.15) is 0 Å². The summed E-state index contributed by atoms with van der Waals surface area (Å²) in [6.07, 6.45) is 3.55. The largest absolute Gasteiger partial charge is 0.370 e. The molecular formula is C19H17ClN4O3S. The molecule has 144 valence electrons. The average Bonchev–Trinajstić information content (AvgIpc) is 3.36. The highest BCUT2D eigenvalue weighted by Crippen LogP contribution is 2.21. The predicted octanol–water partition coefficient (Wildman–Crippen LogP) is 2.88. The molecular weight excluding hydrogens is 400 g/mol. The van der Waals surface area contributed by atoms with E-state index in [9.17, 15) is 9.59 Å². The number of benzene rings is 1. The van der Waals surface area contributed by atoms with Crippen LogP contribution in [0.25, 0.3) is 5.69 Å². The molecule has 0 saturated carbocycles. The number of thiophene rings is 1. The molecule has 3 aromatic rings. The second-order valence-electron chi connectivity index (χ2n) is 6.17. The number of carbonyl (C=O) groups is 2. The highest BCUT2D eigenvalue weighted by Gasteiger charge is 2.20. The zero-order chi connectivity index (χ0) is 19.5. The summed E-state index contributed by atoms with van der Waals surface area (Å²) in [4.78, 5) is 30.6. The van der Waals surface area contributed by atoms with Gasteiger partial charge in [0, 0.05) is 24.1 Å². The van der Waals surface area contributed by atoms with E-state index in [1.54, 1.807) is 23.4 Å². The van der Waals surface area contributed by atoms with E-state index in [0.29, 0.717) is 28.9 Å². The first-order valence-electron chi connectivity index (χ1n) is 8.65. The molecule has 3 heterocycles. The van der Waals surface area contributed by atoms with Crippen LogP contribution < -0.4 is 10.2 Å². The molecule has 9 heteroatoms. The van der Waals surface area contributed by atoms with E-state index in [0.717, 1.165) is 17.1 Å². The molecule has 1 aliphatic heterocycles. The number of ether oxygens (including phenoxy) is 1. The molecule has 0 bridgehead atoms. The van der Waals surface area contributed by atoms with Crippen molar-refractivity contribution in [2.75, 3.05) is 24.7 Å². The van der Waals surface area contributed by atoms with Crippen LogP contribution in [0.2, 0.25) is 4.34 Å². The van der Waals surface area contributed by atoms with Gasteiger partial charge in [0.15, 0.2) is 0 Å². The van der Waals surface area contributed by atoms with Gasteiger partial charge in [0.1, 0.15) is 6.61 Å². The molecule has 4 rings (SSSR count). The van der Waals surface area contributed by atoms with E-state index in [1.807, 2.05) is 35.0 Å². The minimum absolute atomic E-state index is 0.0355. The lowest BCUT2D eigenvalue weighted by Gasteiger charge is -2.26. The number of amides is 2. The van der Waals surface area contributed by atoms with Gasteiger partial charge in [-0.1, -0.05) is 11.6 Å². The molecule has 7 nitrogen and oxygen atoms in total. The normalized spacial score (nSPS) is 14.3. The number of anilines is 1. The molecule has 1 aliphatic rings. The standard InChI is InChI=1S/C19H17ClN4O3S/c20-17-6-5-16(28-17)19(26)21-9-13-10-23(12-22-13)14-1-3-15(4-2-14)24-7-8-27-11-18(24)25/h1-6,10,12H,7-9,11H2,(H,21,26). The summed E-state index contributed by atoms with van der Waals surface area (Å²) >= 11 is 7.09. The van der Waals surface area contributed by atoms with E-state index >= 15 is 0 Å². The Labute approximate surface area is 170 Å². The summed E-state index contributed by atoms with van der Waals surface area (Å²) in [6.45, 7) is 1.54. The number of rotatable bonds is 5. The molecule has 0 atom stereocenters. The molecule has 0 unspecified atom stereocenters. The van der Waals surface area contributed by atoms with Crippen molar-refractivity contribution in [3.8, 4) is 5.69 Å². The van der Waals surface area contributed by atoms with Crippen LogP contribution in [-0.4, -0.2) is 41.1 Å². The third kappa shape index (κ3) is 4.09. The maximum atomic E-state index is 12.1. The second-order valence-corrected chi connectivity index (χ2v) is 7.89. The Balaban J connectivity index is 1.39. The van der Waals surface area contributed by atoms with E-state index in [-0.39, 0.29) is 18.4 Å². The Morgan fingerprint density at radius 1 is 1.21 bits per heavy atom. The number of hydrogen-bond donors (Lipinski definition) is 1. The average molecular weight is 417 g/mol. The zero-order valence-corrected chi connectivity index (χ0v) is 16.4. The molecule has 1 N–H and O–H groups in total. The van der Waals surface area contributed by atoms with Gasteiger partial charge in [0.2, 0.25) is 0 Å². The lowest BCUT2D eigenvalue weighted by Crippen LogP contribution is -2.41. The summed E-state index contributed by atoms with van der Waals surface area (Å²) < 4.78 is 7.61. The van der Waals surface area contributed by atoms with Crippen LogP contribution in [0.15, 0.2) is 48.9 Å². The molecule has 0 radical (unpaired) electrons. The number of aromatic nitrogens is 2. The molecule has 0 aliphatic carbocycles. The van der Waals surface area contributed by atoms with Gasteiger partial charge in [0.05, 0.1) is 34.4 Å². The number of carbonyl (C=O) groups excluding carboxylic acids is 2. The van der Waals surface area contributed by atoms with E-state index in [2.05, 4.69) is 10.3 Å². The van der Waals surface area contributed by atoms with Gasteiger partial charge in [0.25, 0.3) is 11.8 Å². The van der Waals surface area contributed by atoms with Gasteiger partial charge < -0.3 is 19.5 Å². The summed E-state index contributed by atoms with van der Waals surface area (Å²) in [6, 6.07) is 11.1. The minimum Gasteiger partial charge on any atom is -0.370 e. The zero-order valence-electron chi connectivity index (χ0n) is 14.8. The van der Waals surface area contributed by atoms with Gasteiger partial charge in [-0.25, -0.2) is 4.98 Å². The fourth-order valence-corrected chi connectivity index (χ4v) is 3.85. The van der Waals surface area contributed by atoms with Crippen molar-refractivity contribution in [1.82, 2.24) is 14.9 Å². The van der Waals surface area contributed by atoms with Crippen molar-refractivity contribution in [3.63, 3.8) is 0 Å². The van der Waals surface area contributed by atoms with Gasteiger partial charge >= 0.3 is 0 Å². The number of imidazole rings is 1. The van der Waals surface area contributed by atoms with Crippen molar-refractivity contribution < 1.29 is 14.3 Å². The van der Waals surface area contributed by atoms with Crippen LogP contribution in [0.1, 0.15) is 15.4 Å². The van der Waals surface area contributed by atoms with E-state index in [4.69, 9.17) is 16.3 Å². The Kier molecular flexibility index (Phi) is 5.43. The number of nitrogens with zero attached hydrogens (tertiary/aromatic N) is 3. The number of nitrogens with one attached hydrogen (secondary N) is 1. The third-order valence-electron chi connectivity index (χ3n) is 4.31. The highest BCUT2D eigenvalue weighted by atomic mass is 35.5. The molecule has 2 amide bonds. The monoisotopic (exact) mass is 416 g/mol. The van der Waals surface area contributed by atoms with Crippen molar-refractivity contribution in [1.29, 1.82) is 0 Å². The Bertz CT molecular complexity index is 999. The lowest BCUT2D eigenvalue weighted by atomic mass is 10.2. The van der Waals surface area contributed by atoms with Crippen LogP contribution in [0.4, 0.5) is 5.69 Å². The number of halogens is 1. The highest BCUT2D eigenvalue weighted by molar-refractivity contribution is 7.17. The molecule has 1 aromatic carbocycles. The van der Waals surface area contributed by atoms with Crippen molar-refractivity contribution in [3.05, 3.63) is 63.8 Å². The Morgan fingerprint density at radius 2 is 2.00 bits per heavy atom. The molecule has 0 spiro atoms. The maximum Gasteiger partial charge on any atom is 0.261 e. The summed E-state index contributed by atoms with van der Waals surface area (Å²) in [5.41, 5.74) is 2.50. The van der Waals surface area contributed by atoms with Crippen molar-refractivity contribution >= 4 is 40.4 Å². The van der Waals surface area contributed by atoms with Crippen LogP contribution in [-0.2, 0) is 16.1 Å². The van der Waals surface area contributed by atoms with E-state index in [1.165, 1.54) is 11.3 Å². The molecule has 1 fully saturated rings. The molecule has 1 saturated heterocycles. The predicted molar refractivity (Wildman–Crippen MR) is 107 cm³/mol. The fourth-order valence-electron chi connectivity index (χ4n) is 2.89. The first kappa shape index (κ1) is 18.7. The fraction of sp³-hybridized carbons (Fsp3) is 0.211. The Hall–Kier alpha value is -2.68. The topological polar surface area (TPSA) is 76.5 Å². The lowest BCUT2D eigenvalue weighted by molar-refractivity contribution is -0.125. The minimum atomic E-state index is -0.175. The van der Waals surface area contributed by atoms with Crippen LogP contribution in [0.3, 0.4) is 0 Å². The van der Waals surface area contributed by atoms with Crippen molar-refractivity contribution in [2.24, 2.45) is 0 Å². The van der Waals surface area contributed by atoms with E-state index < -0.39 is 0 Å². The van der Waals surface area contributed by atoms with Gasteiger partial charge in [-0.3, -0.25) is 9.59 Å². The number of morpholine rings is 1. The first-order chi connectivity index (χ1) is 13.6. The Morgan fingerprint density at radius 3 is 2.71 bits per heavy atom. The summed E-state index contributed by atoms with van der Waals surface area (Å²) in [7, 11) is 0. The molecule has 2 aromatic heterocycles. The quantitative estimate of drug-likeness (QED) is 0.693. The smallest absolute Gasteiger partial charge is 0.261 e. The van der Waals surface area contributed by atoms with Gasteiger partial charge in [-0.15, -0.1) is 11.3 Å². The second kappa shape index (κ2) is 8.14. The van der Waals surface area contributed by atoms with Crippen LogP contribution in [0.5, 0.6) is 0 Å². The van der Waals surface area contributed by atoms with Gasteiger partial charge in [-0.05, 0) is 36.4 Å². The first-order valence-corrected chi connectivity index (χ1v) is 9.84. The van der Waals surface area contributed by atoms with Crippen molar-refractivity contribution in [2.45, 2.75) is 6.54 Å². The maximum absolute atomic E-state index is 12.1. The summed E-state index contributed by atoms with van der Waals surface area (Å²) in [5.74, 6) is -0.210. The van der Waals surface area contributed by atoms with Crippen LogP contribution >= 0.6 is 22.9 Å². The van der Waals surface area contributed by atoms with Crippen LogP contribution in [0, 0.1) is 0 Å². The molecule has 28 heavy (non-hydrogen) atoms.